The lowest BCUT2D eigenvalue weighted by Gasteiger charge is -2.05. The summed E-state index contributed by atoms with van der Waals surface area (Å²) >= 11 is 0. The highest BCUT2D eigenvalue weighted by molar-refractivity contribution is 5.84. The van der Waals surface area contributed by atoms with E-state index in [1.807, 2.05) is 12.4 Å². The Labute approximate surface area is 122 Å². The lowest BCUT2D eigenvalue weighted by Crippen LogP contribution is -2.15. The molecule has 1 aromatic carbocycles. The number of benzene rings is 1. The largest absolute Gasteiger partial charge is 0.308 e. The summed E-state index contributed by atoms with van der Waals surface area (Å²) in [6.07, 6.45) is 3.85. The third kappa shape index (κ3) is 7.81. The first-order valence-corrected chi connectivity index (χ1v) is 6.97. The van der Waals surface area contributed by atoms with Gasteiger partial charge < -0.3 is 9.80 Å². The molecule has 0 aliphatic rings. The van der Waals surface area contributed by atoms with Crippen LogP contribution >= 0.6 is 0 Å². The maximum absolute atomic E-state index is 4.40. The van der Waals surface area contributed by atoms with E-state index in [9.17, 15) is 0 Å². The van der Waals surface area contributed by atoms with Crippen molar-refractivity contribution in [1.82, 2.24) is 9.80 Å². The maximum Gasteiger partial charge on any atom is 0.0516 e. The Bertz CT molecular complexity index is 378. The fourth-order valence-corrected chi connectivity index (χ4v) is 1.52. The van der Waals surface area contributed by atoms with Gasteiger partial charge in [-0.2, -0.15) is 0 Å². The topological polar surface area (TPSA) is 31.2 Å². The Balaban J connectivity index is 2.40. The molecule has 0 bridgehead atoms. The molecule has 4 nitrogen and oxygen atoms in total. The van der Waals surface area contributed by atoms with Crippen LogP contribution in [-0.2, 0) is 0 Å². The SMILES string of the molecule is CN(C)CCN=Cc1ccc(C=NCCN(C)C)cc1. The first-order chi connectivity index (χ1) is 9.58. The van der Waals surface area contributed by atoms with Crippen molar-refractivity contribution in [2.75, 3.05) is 54.4 Å². The first kappa shape index (κ1) is 16.5. The van der Waals surface area contributed by atoms with Crippen molar-refractivity contribution in [3.63, 3.8) is 0 Å². The molecule has 0 amide bonds. The highest BCUT2D eigenvalue weighted by atomic mass is 15.1. The molecule has 4 heteroatoms. The standard InChI is InChI=1S/C16H26N4/c1-19(2)11-9-17-13-15-5-7-16(8-6-15)14-18-10-12-20(3)4/h5-8,13-14H,9-12H2,1-4H3. The quantitative estimate of drug-likeness (QED) is 0.675. The van der Waals surface area contributed by atoms with Crippen LogP contribution in [0, 0.1) is 0 Å². The first-order valence-electron chi connectivity index (χ1n) is 6.97. The summed E-state index contributed by atoms with van der Waals surface area (Å²) in [6.45, 7) is 3.63. The Kier molecular flexibility index (Phi) is 7.77. The summed E-state index contributed by atoms with van der Waals surface area (Å²) < 4.78 is 0. The van der Waals surface area contributed by atoms with Crippen molar-refractivity contribution in [3.8, 4) is 0 Å². The molecule has 1 aromatic rings. The van der Waals surface area contributed by atoms with Gasteiger partial charge in [-0.3, -0.25) is 9.98 Å². The summed E-state index contributed by atoms with van der Waals surface area (Å²) in [5, 5.41) is 0. The Morgan fingerprint density at radius 1 is 0.750 bits per heavy atom. The van der Waals surface area contributed by atoms with Gasteiger partial charge in [0.15, 0.2) is 0 Å². The molecular weight excluding hydrogens is 248 g/mol. The molecule has 0 aliphatic heterocycles. The normalized spacial score (nSPS) is 12.3. The predicted octanol–water partition coefficient (Wildman–Crippen LogP) is 1.65. The van der Waals surface area contributed by atoms with Crippen molar-refractivity contribution in [1.29, 1.82) is 0 Å². The van der Waals surface area contributed by atoms with E-state index in [4.69, 9.17) is 0 Å². The van der Waals surface area contributed by atoms with Gasteiger partial charge in [0, 0.05) is 25.5 Å². The minimum atomic E-state index is 0.834. The van der Waals surface area contributed by atoms with Crippen LogP contribution in [0.4, 0.5) is 0 Å². The van der Waals surface area contributed by atoms with Crippen LogP contribution in [0.25, 0.3) is 0 Å². The van der Waals surface area contributed by atoms with Gasteiger partial charge in [-0.15, -0.1) is 0 Å². The smallest absolute Gasteiger partial charge is 0.0516 e. The fourth-order valence-electron chi connectivity index (χ4n) is 1.52. The molecule has 0 unspecified atom stereocenters. The number of nitrogens with zero attached hydrogens (tertiary/aromatic N) is 4. The minimum Gasteiger partial charge on any atom is -0.308 e. The molecule has 0 fully saturated rings. The molecule has 0 radical (unpaired) electrons. The monoisotopic (exact) mass is 274 g/mol. The molecule has 0 saturated heterocycles. The Morgan fingerprint density at radius 2 is 1.10 bits per heavy atom. The van der Waals surface area contributed by atoms with Crippen LogP contribution < -0.4 is 0 Å². The summed E-state index contributed by atoms with van der Waals surface area (Å²) in [5.41, 5.74) is 2.27. The van der Waals surface area contributed by atoms with Crippen molar-refractivity contribution >= 4 is 12.4 Å². The van der Waals surface area contributed by atoms with Crippen LogP contribution in [-0.4, -0.2) is 76.6 Å². The number of hydrogen-bond acceptors (Lipinski definition) is 4. The zero-order valence-corrected chi connectivity index (χ0v) is 13.1. The average Bonchev–Trinajstić information content (AvgIpc) is 2.41. The van der Waals surface area contributed by atoms with E-state index in [-0.39, 0.29) is 0 Å². The van der Waals surface area contributed by atoms with E-state index in [1.165, 1.54) is 0 Å². The van der Waals surface area contributed by atoms with Crippen molar-refractivity contribution in [2.24, 2.45) is 9.98 Å². The average molecular weight is 274 g/mol. The molecule has 0 heterocycles. The second-order valence-electron chi connectivity index (χ2n) is 5.34. The second kappa shape index (κ2) is 9.39. The van der Waals surface area contributed by atoms with Crippen LogP contribution in [0.3, 0.4) is 0 Å². The van der Waals surface area contributed by atoms with Crippen LogP contribution in [0.1, 0.15) is 11.1 Å². The number of rotatable bonds is 8. The van der Waals surface area contributed by atoms with Crippen LogP contribution in [0.15, 0.2) is 34.3 Å². The molecule has 0 aliphatic carbocycles. The van der Waals surface area contributed by atoms with E-state index >= 15 is 0 Å². The highest BCUT2D eigenvalue weighted by Gasteiger charge is 1.91. The highest BCUT2D eigenvalue weighted by Crippen LogP contribution is 2.00. The van der Waals surface area contributed by atoms with Gasteiger partial charge in [0.05, 0.1) is 13.1 Å². The van der Waals surface area contributed by atoms with E-state index in [1.54, 1.807) is 0 Å². The molecule has 0 N–H and O–H groups in total. The molecule has 0 aromatic heterocycles. The number of hydrogen-bond donors (Lipinski definition) is 0. The zero-order valence-electron chi connectivity index (χ0n) is 13.1. The van der Waals surface area contributed by atoms with Gasteiger partial charge in [0.1, 0.15) is 0 Å². The Morgan fingerprint density at radius 3 is 1.40 bits per heavy atom. The molecule has 0 saturated carbocycles. The number of aliphatic imine (C=N–C) groups is 2. The summed E-state index contributed by atoms with van der Waals surface area (Å²) in [6, 6.07) is 8.30. The Hall–Kier alpha value is -1.52. The fraction of sp³-hybridized carbons (Fsp3) is 0.500. The van der Waals surface area contributed by atoms with E-state index in [2.05, 4.69) is 72.2 Å². The molecular formula is C16H26N4. The van der Waals surface area contributed by atoms with Crippen molar-refractivity contribution in [3.05, 3.63) is 35.4 Å². The molecule has 1 rings (SSSR count). The van der Waals surface area contributed by atoms with Gasteiger partial charge in [-0.05, 0) is 39.3 Å². The minimum absolute atomic E-state index is 0.834. The second-order valence-corrected chi connectivity index (χ2v) is 5.34. The van der Waals surface area contributed by atoms with Crippen molar-refractivity contribution < 1.29 is 0 Å². The number of likely N-dealkylation sites (N-methyl/N-ethyl adjacent to an activating group) is 2. The lowest BCUT2D eigenvalue weighted by molar-refractivity contribution is 0.421. The van der Waals surface area contributed by atoms with Crippen LogP contribution in [0.2, 0.25) is 0 Å². The van der Waals surface area contributed by atoms with Gasteiger partial charge in [-0.1, -0.05) is 24.3 Å². The molecule has 0 spiro atoms. The van der Waals surface area contributed by atoms with E-state index in [0.29, 0.717) is 0 Å². The molecule has 0 atom stereocenters. The van der Waals surface area contributed by atoms with Crippen LogP contribution in [0.5, 0.6) is 0 Å². The summed E-state index contributed by atoms with van der Waals surface area (Å²) in [5.74, 6) is 0. The van der Waals surface area contributed by atoms with Gasteiger partial charge in [0.2, 0.25) is 0 Å². The molecule has 20 heavy (non-hydrogen) atoms. The maximum atomic E-state index is 4.40. The summed E-state index contributed by atoms with van der Waals surface area (Å²) in [4.78, 5) is 13.1. The third-order valence-electron chi connectivity index (χ3n) is 2.77. The predicted molar refractivity (Wildman–Crippen MR) is 88.5 cm³/mol. The summed E-state index contributed by atoms with van der Waals surface area (Å²) in [7, 11) is 8.22. The van der Waals surface area contributed by atoms with Gasteiger partial charge >= 0.3 is 0 Å². The van der Waals surface area contributed by atoms with E-state index < -0.39 is 0 Å². The van der Waals surface area contributed by atoms with E-state index in [0.717, 1.165) is 37.3 Å². The van der Waals surface area contributed by atoms with Crippen molar-refractivity contribution in [2.45, 2.75) is 0 Å². The third-order valence-corrected chi connectivity index (χ3v) is 2.77. The van der Waals surface area contributed by atoms with Gasteiger partial charge in [-0.25, -0.2) is 0 Å². The lowest BCUT2D eigenvalue weighted by atomic mass is 10.1. The molecule has 110 valence electrons. The zero-order chi connectivity index (χ0) is 14.8. The van der Waals surface area contributed by atoms with Gasteiger partial charge in [0.25, 0.3) is 0 Å².